The number of nitrogens with one attached hydrogen (secondary N) is 1. The molecule has 108 valence electrons. The largest absolute Gasteiger partial charge is 0.310 e. The van der Waals surface area contributed by atoms with Crippen molar-refractivity contribution < 1.29 is 0 Å². The Kier molecular flexibility index (Phi) is 5.50. The van der Waals surface area contributed by atoms with Crippen molar-refractivity contribution in [2.24, 2.45) is 0 Å². The summed E-state index contributed by atoms with van der Waals surface area (Å²) < 4.78 is 1.53. The molecule has 2 aromatic rings. The first-order valence-corrected chi connectivity index (χ1v) is 8.32. The Labute approximate surface area is 134 Å². The molecule has 2 rings (SSSR count). The molecular weight excluding hydrogens is 309 g/mol. The summed E-state index contributed by atoms with van der Waals surface area (Å²) in [6, 6.07) is 8.80. The minimum absolute atomic E-state index is 0.207. The van der Waals surface area contributed by atoms with Gasteiger partial charge >= 0.3 is 0 Å². The van der Waals surface area contributed by atoms with Gasteiger partial charge in [-0.25, -0.2) is 0 Å². The van der Waals surface area contributed by atoms with Gasteiger partial charge in [-0.3, -0.25) is 0 Å². The lowest BCUT2D eigenvalue weighted by atomic mass is 9.98. The zero-order valence-corrected chi connectivity index (χ0v) is 14.3. The van der Waals surface area contributed by atoms with E-state index in [1.165, 1.54) is 28.0 Å². The number of likely N-dealkylation sites (N-methyl/N-ethyl adjacent to an activating group) is 1. The second-order valence-corrected chi connectivity index (χ2v) is 7.30. The summed E-state index contributed by atoms with van der Waals surface area (Å²) in [6.07, 6.45) is 0.918. The van der Waals surface area contributed by atoms with Crippen LogP contribution in [0.4, 0.5) is 0 Å². The van der Waals surface area contributed by atoms with E-state index in [-0.39, 0.29) is 6.04 Å². The molecule has 0 saturated carbocycles. The van der Waals surface area contributed by atoms with Gasteiger partial charge in [-0.2, -0.15) is 0 Å². The van der Waals surface area contributed by atoms with Crippen molar-refractivity contribution in [3.63, 3.8) is 0 Å². The van der Waals surface area contributed by atoms with Crippen LogP contribution < -0.4 is 5.32 Å². The molecule has 20 heavy (non-hydrogen) atoms. The summed E-state index contributed by atoms with van der Waals surface area (Å²) >= 11 is 13.8. The quantitative estimate of drug-likeness (QED) is 0.757. The third kappa shape index (κ3) is 3.76. The second-order valence-electron chi connectivity index (χ2n) is 5.01. The summed E-state index contributed by atoms with van der Waals surface area (Å²) in [4.78, 5) is 0. The monoisotopic (exact) mass is 327 g/mol. The second kappa shape index (κ2) is 6.95. The molecule has 1 heterocycles. The fourth-order valence-electron chi connectivity index (χ4n) is 2.30. The van der Waals surface area contributed by atoms with Crippen LogP contribution in [0, 0.1) is 13.8 Å². The van der Waals surface area contributed by atoms with E-state index in [1.807, 2.05) is 6.07 Å². The van der Waals surface area contributed by atoms with Crippen molar-refractivity contribution in [3.8, 4) is 0 Å². The van der Waals surface area contributed by atoms with Gasteiger partial charge in [-0.05, 0) is 49.6 Å². The number of hydrogen-bond donors (Lipinski definition) is 1. The Morgan fingerprint density at radius 1 is 1.15 bits per heavy atom. The summed E-state index contributed by atoms with van der Waals surface area (Å²) in [7, 11) is 0. The molecule has 0 amide bonds. The first-order chi connectivity index (χ1) is 9.51. The van der Waals surface area contributed by atoms with Gasteiger partial charge in [0.1, 0.15) is 0 Å². The average molecular weight is 328 g/mol. The molecule has 1 aromatic carbocycles. The van der Waals surface area contributed by atoms with E-state index in [2.05, 4.69) is 44.3 Å². The van der Waals surface area contributed by atoms with Gasteiger partial charge in [-0.15, -0.1) is 11.3 Å². The SMILES string of the molecule is CCNC(Cc1ccc(C)c(C)c1)c1cc(Cl)sc1Cl. The number of rotatable bonds is 5. The normalized spacial score (nSPS) is 12.7. The maximum atomic E-state index is 6.29. The minimum Gasteiger partial charge on any atom is -0.310 e. The average Bonchev–Trinajstić information content (AvgIpc) is 2.72. The highest BCUT2D eigenvalue weighted by atomic mass is 35.5. The Morgan fingerprint density at radius 3 is 2.45 bits per heavy atom. The summed E-state index contributed by atoms with van der Waals surface area (Å²) in [5, 5.41) is 3.50. The predicted octanol–water partition coefficient (Wildman–Crippen LogP) is 5.57. The fraction of sp³-hybridized carbons (Fsp3) is 0.375. The van der Waals surface area contributed by atoms with Crippen LogP contribution in [0.2, 0.25) is 8.67 Å². The maximum Gasteiger partial charge on any atom is 0.0992 e. The van der Waals surface area contributed by atoms with E-state index in [0.717, 1.165) is 27.2 Å². The van der Waals surface area contributed by atoms with Crippen LogP contribution in [0.1, 0.15) is 35.2 Å². The molecule has 1 nitrogen and oxygen atoms in total. The Morgan fingerprint density at radius 2 is 1.90 bits per heavy atom. The highest BCUT2D eigenvalue weighted by molar-refractivity contribution is 7.20. The van der Waals surface area contributed by atoms with Crippen molar-refractivity contribution >= 4 is 34.5 Å². The molecule has 0 aliphatic heterocycles. The van der Waals surface area contributed by atoms with Crippen LogP contribution in [0.25, 0.3) is 0 Å². The number of aryl methyl sites for hydroxylation is 2. The van der Waals surface area contributed by atoms with Crippen LogP contribution >= 0.6 is 34.5 Å². The Bertz CT molecular complexity index is 592. The van der Waals surface area contributed by atoms with Crippen LogP contribution in [-0.2, 0) is 6.42 Å². The van der Waals surface area contributed by atoms with Crippen molar-refractivity contribution in [2.75, 3.05) is 6.54 Å². The topological polar surface area (TPSA) is 12.0 Å². The van der Waals surface area contributed by atoms with E-state index in [1.54, 1.807) is 0 Å². The molecule has 1 aromatic heterocycles. The number of hydrogen-bond acceptors (Lipinski definition) is 2. The number of halogens is 2. The van der Waals surface area contributed by atoms with Crippen molar-refractivity contribution in [3.05, 3.63) is 55.2 Å². The molecule has 0 aliphatic carbocycles. The van der Waals surface area contributed by atoms with Gasteiger partial charge in [0.25, 0.3) is 0 Å². The third-order valence-electron chi connectivity index (χ3n) is 3.52. The standard InChI is InChI=1S/C16H19Cl2NS/c1-4-19-14(13-9-15(17)20-16(13)18)8-12-6-5-10(2)11(3)7-12/h5-7,9,14,19H,4,8H2,1-3H3. The molecule has 0 spiro atoms. The van der Waals surface area contributed by atoms with Crippen LogP contribution in [-0.4, -0.2) is 6.54 Å². The number of thiophene rings is 1. The smallest absolute Gasteiger partial charge is 0.0992 e. The van der Waals surface area contributed by atoms with Gasteiger partial charge in [-0.1, -0.05) is 48.3 Å². The van der Waals surface area contributed by atoms with E-state index in [4.69, 9.17) is 23.2 Å². The van der Waals surface area contributed by atoms with Gasteiger partial charge in [0.15, 0.2) is 0 Å². The first-order valence-electron chi connectivity index (χ1n) is 6.75. The molecule has 0 radical (unpaired) electrons. The zero-order valence-electron chi connectivity index (χ0n) is 12.0. The molecular formula is C16H19Cl2NS. The third-order valence-corrected chi connectivity index (χ3v) is 5.04. The van der Waals surface area contributed by atoms with E-state index >= 15 is 0 Å². The van der Waals surface area contributed by atoms with Crippen LogP contribution in [0.5, 0.6) is 0 Å². The van der Waals surface area contributed by atoms with Crippen molar-refractivity contribution in [2.45, 2.75) is 33.2 Å². The van der Waals surface area contributed by atoms with Crippen LogP contribution in [0.3, 0.4) is 0 Å². The molecule has 1 unspecified atom stereocenters. The fourth-order valence-corrected chi connectivity index (χ4v) is 3.87. The Balaban J connectivity index is 2.25. The van der Waals surface area contributed by atoms with Crippen molar-refractivity contribution in [1.82, 2.24) is 5.32 Å². The molecule has 0 bridgehead atoms. The Hall–Kier alpha value is -0.540. The molecule has 0 fully saturated rings. The molecule has 0 saturated heterocycles. The van der Waals surface area contributed by atoms with E-state index < -0.39 is 0 Å². The van der Waals surface area contributed by atoms with E-state index in [0.29, 0.717) is 0 Å². The summed E-state index contributed by atoms with van der Waals surface area (Å²) in [5.41, 5.74) is 5.07. The molecule has 0 aliphatic rings. The van der Waals surface area contributed by atoms with Crippen LogP contribution in [0.15, 0.2) is 24.3 Å². The van der Waals surface area contributed by atoms with Crippen molar-refractivity contribution in [1.29, 1.82) is 0 Å². The zero-order chi connectivity index (χ0) is 14.7. The maximum absolute atomic E-state index is 6.29. The molecule has 1 atom stereocenters. The lowest BCUT2D eigenvalue weighted by molar-refractivity contribution is 0.551. The summed E-state index contributed by atoms with van der Waals surface area (Å²) in [6.45, 7) is 7.29. The minimum atomic E-state index is 0.207. The lowest BCUT2D eigenvalue weighted by Crippen LogP contribution is -2.22. The van der Waals surface area contributed by atoms with Gasteiger partial charge in [0, 0.05) is 11.6 Å². The van der Waals surface area contributed by atoms with E-state index in [9.17, 15) is 0 Å². The molecule has 1 N–H and O–H groups in total. The lowest BCUT2D eigenvalue weighted by Gasteiger charge is -2.18. The highest BCUT2D eigenvalue weighted by Crippen LogP contribution is 2.36. The molecule has 4 heteroatoms. The van der Waals surface area contributed by atoms with Gasteiger partial charge in [0.05, 0.1) is 8.67 Å². The van der Waals surface area contributed by atoms with Gasteiger partial charge in [0.2, 0.25) is 0 Å². The first kappa shape index (κ1) is 15.8. The highest BCUT2D eigenvalue weighted by Gasteiger charge is 2.17. The predicted molar refractivity (Wildman–Crippen MR) is 90.4 cm³/mol. The number of benzene rings is 1. The summed E-state index contributed by atoms with van der Waals surface area (Å²) in [5.74, 6) is 0. The van der Waals surface area contributed by atoms with Gasteiger partial charge < -0.3 is 5.32 Å².